The Bertz CT molecular complexity index is 530. The molecule has 2 heterocycles. The summed E-state index contributed by atoms with van der Waals surface area (Å²) in [5.41, 5.74) is 2.37. The van der Waals surface area contributed by atoms with E-state index >= 15 is 0 Å². The molecule has 0 aromatic carbocycles. The molecule has 0 bridgehead atoms. The number of aromatic nitrogens is 2. The van der Waals surface area contributed by atoms with Crippen LogP contribution in [0.3, 0.4) is 0 Å². The zero-order valence-corrected chi connectivity index (χ0v) is 13.2. The first-order valence-electron chi connectivity index (χ1n) is 7.57. The molecule has 6 heteroatoms. The van der Waals surface area contributed by atoms with Crippen molar-refractivity contribution in [1.29, 1.82) is 0 Å². The highest BCUT2D eigenvalue weighted by atomic mass is 32.2. The third kappa shape index (κ3) is 3.37. The fourth-order valence-electron chi connectivity index (χ4n) is 2.99. The van der Waals surface area contributed by atoms with Crippen molar-refractivity contribution in [1.82, 2.24) is 15.3 Å². The van der Waals surface area contributed by atoms with Crippen LogP contribution in [0.25, 0.3) is 0 Å². The predicted molar refractivity (Wildman–Crippen MR) is 82.3 cm³/mol. The van der Waals surface area contributed by atoms with E-state index in [4.69, 9.17) is 4.74 Å². The summed E-state index contributed by atoms with van der Waals surface area (Å²) < 4.78 is 4.88. The molecule has 114 valence electrons. The number of ether oxygens (including phenoxy) is 1. The Morgan fingerprint density at radius 1 is 1.38 bits per heavy atom. The van der Waals surface area contributed by atoms with Crippen molar-refractivity contribution >= 4 is 17.7 Å². The van der Waals surface area contributed by atoms with Gasteiger partial charge in [0.15, 0.2) is 5.69 Å². The number of carbonyl (C=O) groups is 1. The number of rotatable bonds is 4. The minimum absolute atomic E-state index is 0.345. The van der Waals surface area contributed by atoms with Crippen molar-refractivity contribution in [2.75, 3.05) is 13.7 Å². The van der Waals surface area contributed by atoms with E-state index in [2.05, 4.69) is 15.3 Å². The largest absolute Gasteiger partial charge is 0.464 e. The number of fused-ring (bicyclic) bond motifs is 1. The van der Waals surface area contributed by atoms with Gasteiger partial charge in [0.25, 0.3) is 0 Å². The summed E-state index contributed by atoms with van der Waals surface area (Å²) in [6, 6.07) is 0. The molecule has 0 atom stereocenters. The quantitative estimate of drug-likeness (QED) is 0.859. The SMILES string of the molecule is COC(=O)c1nc(CSC2CCCC2)nc2c1CCNC2. The van der Waals surface area contributed by atoms with Gasteiger partial charge >= 0.3 is 5.97 Å². The Morgan fingerprint density at radius 2 is 2.19 bits per heavy atom. The topological polar surface area (TPSA) is 64.1 Å². The summed E-state index contributed by atoms with van der Waals surface area (Å²) in [4.78, 5) is 21.1. The summed E-state index contributed by atoms with van der Waals surface area (Å²) in [7, 11) is 1.41. The number of thioether (sulfide) groups is 1. The third-order valence-corrected chi connectivity index (χ3v) is 5.48. The summed E-state index contributed by atoms with van der Waals surface area (Å²) >= 11 is 1.92. The molecule has 0 amide bonds. The van der Waals surface area contributed by atoms with Gasteiger partial charge in [-0.2, -0.15) is 11.8 Å². The van der Waals surface area contributed by atoms with Crippen molar-refractivity contribution in [3.63, 3.8) is 0 Å². The molecule has 1 N–H and O–H groups in total. The monoisotopic (exact) mass is 307 g/mol. The molecule has 0 saturated heterocycles. The predicted octanol–water partition coefficient (Wildman–Crippen LogP) is 2.08. The molecule has 1 aromatic rings. The van der Waals surface area contributed by atoms with Crippen LogP contribution in [0.5, 0.6) is 0 Å². The number of esters is 1. The van der Waals surface area contributed by atoms with Crippen LogP contribution in [0.2, 0.25) is 0 Å². The van der Waals surface area contributed by atoms with Crippen LogP contribution < -0.4 is 5.32 Å². The van der Waals surface area contributed by atoms with Gasteiger partial charge in [0.1, 0.15) is 5.82 Å². The van der Waals surface area contributed by atoms with Gasteiger partial charge in [-0.25, -0.2) is 14.8 Å². The Hall–Kier alpha value is -1.14. The van der Waals surface area contributed by atoms with Gasteiger partial charge in [-0.1, -0.05) is 12.8 Å². The number of hydrogen-bond acceptors (Lipinski definition) is 6. The molecule has 3 rings (SSSR count). The minimum atomic E-state index is -0.345. The van der Waals surface area contributed by atoms with E-state index in [0.29, 0.717) is 12.2 Å². The van der Waals surface area contributed by atoms with Crippen LogP contribution in [0.4, 0.5) is 0 Å². The zero-order valence-electron chi connectivity index (χ0n) is 12.4. The van der Waals surface area contributed by atoms with Crippen LogP contribution >= 0.6 is 11.8 Å². The lowest BCUT2D eigenvalue weighted by Crippen LogP contribution is -2.28. The van der Waals surface area contributed by atoms with Gasteiger partial charge < -0.3 is 10.1 Å². The smallest absolute Gasteiger partial charge is 0.357 e. The number of nitrogens with one attached hydrogen (secondary N) is 1. The van der Waals surface area contributed by atoms with Crippen LogP contribution in [0, 0.1) is 0 Å². The van der Waals surface area contributed by atoms with Gasteiger partial charge in [-0.3, -0.25) is 0 Å². The van der Waals surface area contributed by atoms with Crippen molar-refractivity contribution in [3.05, 3.63) is 22.8 Å². The maximum atomic E-state index is 12.0. The molecule has 2 aliphatic rings. The van der Waals surface area contributed by atoms with E-state index in [1.54, 1.807) is 0 Å². The van der Waals surface area contributed by atoms with Crippen molar-refractivity contribution in [2.24, 2.45) is 0 Å². The first-order valence-corrected chi connectivity index (χ1v) is 8.62. The Balaban J connectivity index is 1.81. The molecular weight excluding hydrogens is 286 g/mol. The number of methoxy groups -OCH3 is 1. The fourth-order valence-corrected chi connectivity index (χ4v) is 4.17. The van der Waals surface area contributed by atoms with Crippen molar-refractivity contribution in [2.45, 2.75) is 49.7 Å². The molecule has 1 saturated carbocycles. The molecule has 1 fully saturated rings. The minimum Gasteiger partial charge on any atom is -0.464 e. The molecule has 1 aromatic heterocycles. The number of nitrogens with zero attached hydrogens (tertiary/aromatic N) is 2. The average molecular weight is 307 g/mol. The molecular formula is C15H21N3O2S. The molecule has 5 nitrogen and oxygen atoms in total. The first kappa shape index (κ1) is 14.8. The Kier molecular flexibility index (Phi) is 4.75. The van der Waals surface area contributed by atoms with Crippen LogP contribution in [-0.2, 0) is 23.5 Å². The molecule has 1 aliphatic heterocycles. The molecule has 1 aliphatic carbocycles. The molecule has 21 heavy (non-hydrogen) atoms. The van der Waals surface area contributed by atoms with E-state index in [1.165, 1.54) is 32.8 Å². The Labute approximate surface area is 129 Å². The van der Waals surface area contributed by atoms with Gasteiger partial charge in [0.05, 0.1) is 18.6 Å². The van der Waals surface area contributed by atoms with E-state index in [1.807, 2.05) is 11.8 Å². The van der Waals surface area contributed by atoms with Crippen LogP contribution in [0.1, 0.15) is 53.3 Å². The lowest BCUT2D eigenvalue weighted by molar-refractivity contribution is 0.0591. The van der Waals surface area contributed by atoms with E-state index < -0.39 is 0 Å². The van der Waals surface area contributed by atoms with Crippen molar-refractivity contribution in [3.8, 4) is 0 Å². The van der Waals surface area contributed by atoms with Gasteiger partial charge in [0.2, 0.25) is 0 Å². The number of carbonyl (C=O) groups excluding carboxylic acids is 1. The van der Waals surface area contributed by atoms with Crippen LogP contribution in [-0.4, -0.2) is 34.8 Å². The van der Waals surface area contributed by atoms with E-state index in [9.17, 15) is 4.79 Å². The summed E-state index contributed by atoms with van der Waals surface area (Å²) in [6.45, 7) is 1.57. The maximum absolute atomic E-state index is 12.0. The Morgan fingerprint density at radius 3 is 2.95 bits per heavy atom. The normalized spacial score (nSPS) is 18.5. The lowest BCUT2D eigenvalue weighted by atomic mass is 10.0. The summed E-state index contributed by atoms with van der Waals surface area (Å²) in [5.74, 6) is 1.19. The third-order valence-electron chi connectivity index (χ3n) is 4.11. The highest BCUT2D eigenvalue weighted by molar-refractivity contribution is 7.99. The fraction of sp³-hybridized carbons (Fsp3) is 0.667. The standard InChI is InChI=1S/C15H21N3O2S/c1-20-15(19)14-11-6-7-16-8-12(11)17-13(18-14)9-21-10-4-2-3-5-10/h10,16H,2-9H2,1H3. The molecule has 0 unspecified atom stereocenters. The van der Waals surface area contributed by atoms with E-state index in [-0.39, 0.29) is 5.97 Å². The van der Waals surface area contributed by atoms with E-state index in [0.717, 1.165) is 41.1 Å². The lowest BCUT2D eigenvalue weighted by Gasteiger charge is -2.19. The number of hydrogen-bond donors (Lipinski definition) is 1. The summed E-state index contributed by atoms with van der Waals surface area (Å²) in [6.07, 6.45) is 6.04. The highest BCUT2D eigenvalue weighted by Crippen LogP contribution is 2.31. The van der Waals surface area contributed by atoms with Crippen LogP contribution in [0.15, 0.2) is 0 Å². The van der Waals surface area contributed by atoms with Gasteiger partial charge in [0, 0.05) is 17.4 Å². The van der Waals surface area contributed by atoms with Gasteiger partial charge in [-0.05, 0) is 25.8 Å². The highest BCUT2D eigenvalue weighted by Gasteiger charge is 2.23. The van der Waals surface area contributed by atoms with Crippen molar-refractivity contribution < 1.29 is 9.53 Å². The second kappa shape index (κ2) is 6.75. The first-order chi connectivity index (χ1) is 10.3. The maximum Gasteiger partial charge on any atom is 0.357 e. The summed E-state index contributed by atoms with van der Waals surface area (Å²) in [5, 5.41) is 4.03. The average Bonchev–Trinajstić information content (AvgIpc) is 3.04. The second-order valence-electron chi connectivity index (χ2n) is 5.55. The second-order valence-corrected chi connectivity index (χ2v) is 6.84. The van der Waals surface area contributed by atoms with Gasteiger partial charge in [-0.15, -0.1) is 0 Å². The molecule has 0 spiro atoms. The molecule has 0 radical (unpaired) electrons. The zero-order chi connectivity index (χ0) is 14.7.